The van der Waals surface area contributed by atoms with Gasteiger partial charge in [0.1, 0.15) is 0 Å². The zero-order valence-corrected chi connectivity index (χ0v) is 21.3. The third-order valence-electron chi connectivity index (χ3n) is 6.86. The van der Waals surface area contributed by atoms with E-state index < -0.39 is 0 Å². The molecule has 32 heavy (non-hydrogen) atoms. The second-order valence-electron chi connectivity index (χ2n) is 10.8. The number of rotatable bonds is 5. The minimum absolute atomic E-state index is 0.186. The van der Waals surface area contributed by atoms with Crippen molar-refractivity contribution in [3.05, 3.63) is 94.2 Å². The Labute approximate surface area is 196 Å². The lowest BCUT2D eigenvalue weighted by atomic mass is 9.69. The standard InChI is InChI=1S/C30H42N2/c1-10-11-12-13-24-18-31-29(25-17-30(8,9)15-14-20(25)4)27-23(7)32-22(6)26(28(24)27)21(5)16-19(2)3/h10-13,18-19,28,31-32H,4-5,14-17H2,1-3,6-9H3/b11-10-,13-12-,29-25+. The van der Waals surface area contributed by atoms with E-state index in [0.717, 1.165) is 19.3 Å². The first kappa shape index (κ1) is 24.2. The van der Waals surface area contributed by atoms with Crippen LogP contribution in [-0.2, 0) is 0 Å². The molecule has 0 saturated heterocycles. The summed E-state index contributed by atoms with van der Waals surface area (Å²) in [5.74, 6) is 0.758. The first-order valence-electron chi connectivity index (χ1n) is 12.1. The fourth-order valence-corrected chi connectivity index (χ4v) is 5.32. The molecule has 2 nitrogen and oxygen atoms in total. The van der Waals surface area contributed by atoms with Gasteiger partial charge >= 0.3 is 0 Å². The lowest BCUT2D eigenvalue weighted by Crippen LogP contribution is -2.35. The second kappa shape index (κ2) is 9.57. The Morgan fingerprint density at radius 2 is 1.94 bits per heavy atom. The summed E-state index contributed by atoms with van der Waals surface area (Å²) in [6, 6.07) is 0. The molecule has 1 fully saturated rings. The highest BCUT2D eigenvalue weighted by molar-refractivity contribution is 5.62. The van der Waals surface area contributed by atoms with Gasteiger partial charge in [-0.25, -0.2) is 0 Å². The zero-order chi connectivity index (χ0) is 23.6. The van der Waals surface area contributed by atoms with E-state index in [0.29, 0.717) is 11.3 Å². The fourth-order valence-electron chi connectivity index (χ4n) is 5.32. The number of fused-ring (bicyclic) bond motifs is 1. The minimum Gasteiger partial charge on any atom is -0.362 e. The Kier molecular flexibility index (Phi) is 7.22. The molecule has 0 amide bonds. The van der Waals surface area contributed by atoms with Gasteiger partial charge in [0.15, 0.2) is 0 Å². The SMILES string of the molecule is C=C(CC(C)C)C1=C(C)NC(C)=C2/C(=C3/CC(C)(C)CCC3=C)NC=C(/C=C\C=C/C)C12. The summed E-state index contributed by atoms with van der Waals surface area (Å²) in [6.45, 7) is 24.8. The first-order valence-corrected chi connectivity index (χ1v) is 12.1. The molecule has 2 aliphatic heterocycles. The summed E-state index contributed by atoms with van der Waals surface area (Å²) in [7, 11) is 0. The van der Waals surface area contributed by atoms with Crippen molar-refractivity contribution in [3.8, 4) is 0 Å². The summed E-state index contributed by atoms with van der Waals surface area (Å²) in [5.41, 5.74) is 11.9. The smallest absolute Gasteiger partial charge is 0.0474 e. The molecule has 0 aromatic rings. The Hall–Kier alpha value is -2.48. The van der Waals surface area contributed by atoms with Crippen LogP contribution in [0.3, 0.4) is 0 Å². The predicted octanol–water partition coefficient (Wildman–Crippen LogP) is 8.00. The van der Waals surface area contributed by atoms with Crippen LogP contribution >= 0.6 is 0 Å². The van der Waals surface area contributed by atoms with Crippen molar-refractivity contribution >= 4 is 0 Å². The van der Waals surface area contributed by atoms with Gasteiger partial charge in [-0.15, -0.1) is 0 Å². The average Bonchev–Trinajstić information content (AvgIpc) is 2.69. The molecule has 0 aromatic carbocycles. The Morgan fingerprint density at radius 3 is 2.59 bits per heavy atom. The van der Waals surface area contributed by atoms with Gasteiger partial charge in [0, 0.05) is 34.8 Å². The van der Waals surface area contributed by atoms with Gasteiger partial charge in [-0.1, -0.05) is 65.2 Å². The van der Waals surface area contributed by atoms with Crippen LogP contribution in [0.4, 0.5) is 0 Å². The molecule has 2 heteroatoms. The molecule has 3 rings (SSSR count). The fraction of sp³-hybridized carbons (Fsp3) is 0.467. The van der Waals surface area contributed by atoms with Crippen LogP contribution in [0.15, 0.2) is 94.2 Å². The zero-order valence-electron chi connectivity index (χ0n) is 21.3. The van der Waals surface area contributed by atoms with Crippen LogP contribution in [0.25, 0.3) is 0 Å². The van der Waals surface area contributed by atoms with Gasteiger partial charge in [0.25, 0.3) is 0 Å². The number of dihydropyridines is 1. The van der Waals surface area contributed by atoms with Gasteiger partial charge in [0.05, 0.1) is 0 Å². The van der Waals surface area contributed by atoms with E-state index in [1.54, 1.807) is 0 Å². The molecule has 1 unspecified atom stereocenters. The van der Waals surface area contributed by atoms with E-state index >= 15 is 0 Å². The summed E-state index contributed by atoms with van der Waals surface area (Å²) >= 11 is 0. The Bertz CT molecular complexity index is 986. The summed E-state index contributed by atoms with van der Waals surface area (Å²) in [4.78, 5) is 0. The lowest BCUT2D eigenvalue weighted by molar-refractivity contribution is 0.312. The summed E-state index contributed by atoms with van der Waals surface area (Å²) < 4.78 is 0. The van der Waals surface area contributed by atoms with Crippen molar-refractivity contribution in [1.82, 2.24) is 10.6 Å². The van der Waals surface area contributed by atoms with E-state index in [2.05, 4.69) is 103 Å². The van der Waals surface area contributed by atoms with Crippen molar-refractivity contribution in [1.29, 1.82) is 0 Å². The van der Waals surface area contributed by atoms with Crippen molar-refractivity contribution in [2.24, 2.45) is 17.3 Å². The lowest BCUT2D eigenvalue weighted by Gasteiger charge is -2.41. The van der Waals surface area contributed by atoms with E-state index in [1.807, 2.05) is 0 Å². The largest absolute Gasteiger partial charge is 0.362 e. The normalized spacial score (nSPS) is 25.9. The molecule has 0 radical (unpaired) electrons. The Balaban J connectivity index is 2.20. The maximum Gasteiger partial charge on any atom is 0.0474 e. The maximum atomic E-state index is 4.55. The number of hydrogen-bond donors (Lipinski definition) is 2. The summed E-state index contributed by atoms with van der Waals surface area (Å²) in [5, 5.41) is 7.41. The highest BCUT2D eigenvalue weighted by atomic mass is 14.9. The van der Waals surface area contributed by atoms with E-state index in [1.165, 1.54) is 57.0 Å². The van der Waals surface area contributed by atoms with Crippen molar-refractivity contribution in [2.75, 3.05) is 0 Å². The van der Waals surface area contributed by atoms with Gasteiger partial charge in [0.2, 0.25) is 0 Å². The number of nitrogens with one attached hydrogen (secondary N) is 2. The van der Waals surface area contributed by atoms with Crippen molar-refractivity contribution in [2.45, 2.75) is 74.1 Å². The molecule has 172 valence electrons. The van der Waals surface area contributed by atoms with E-state index in [-0.39, 0.29) is 5.92 Å². The molecule has 1 aliphatic carbocycles. The molecule has 1 atom stereocenters. The van der Waals surface area contributed by atoms with Crippen LogP contribution in [-0.4, -0.2) is 0 Å². The van der Waals surface area contributed by atoms with Crippen LogP contribution < -0.4 is 10.6 Å². The number of allylic oxidation sites excluding steroid dienone is 12. The summed E-state index contributed by atoms with van der Waals surface area (Å²) in [6.07, 6.45) is 15.1. The molecule has 0 bridgehead atoms. The van der Waals surface area contributed by atoms with Crippen LogP contribution in [0, 0.1) is 17.3 Å². The maximum absolute atomic E-state index is 4.55. The third-order valence-corrected chi connectivity index (χ3v) is 6.86. The third kappa shape index (κ3) is 4.95. The van der Waals surface area contributed by atoms with Gasteiger partial charge < -0.3 is 10.6 Å². The van der Waals surface area contributed by atoms with Crippen molar-refractivity contribution in [3.63, 3.8) is 0 Å². The molecule has 0 aromatic heterocycles. The highest BCUT2D eigenvalue weighted by Gasteiger charge is 2.38. The molecule has 2 N–H and O–H groups in total. The second-order valence-corrected chi connectivity index (χ2v) is 10.8. The monoisotopic (exact) mass is 430 g/mol. The van der Waals surface area contributed by atoms with Gasteiger partial charge in [-0.3, -0.25) is 0 Å². The van der Waals surface area contributed by atoms with Gasteiger partial charge in [-0.2, -0.15) is 0 Å². The molecule has 0 spiro atoms. The van der Waals surface area contributed by atoms with E-state index in [4.69, 9.17) is 0 Å². The molecule has 3 aliphatic rings. The predicted molar refractivity (Wildman–Crippen MR) is 140 cm³/mol. The molecule has 2 heterocycles. The van der Waals surface area contributed by atoms with Crippen molar-refractivity contribution < 1.29 is 0 Å². The van der Waals surface area contributed by atoms with Crippen LogP contribution in [0.5, 0.6) is 0 Å². The molecule has 1 saturated carbocycles. The molecular weight excluding hydrogens is 388 g/mol. The minimum atomic E-state index is 0.186. The average molecular weight is 431 g/mol. The first-order chi connectivity index (χ1) is 15.1. The topological polar surface area (TPSA) is 24.1 Å². The van der Waals surface area contributed by atoms with E-state index in [9.17, 15) is 0 Å². The van der Waals surface area contributed by atoms with Gasteiger partial charge in [-0.05, 0) is 85.7 Å². The quantitative estimate of drug-likeness (QED) is 0.432. The van der Waals surface area contributed by atoms with Crippen LogP contribution in [0.1, 0.15) is 74.1 Å². The Morgan fingerprint density at radius 1 is 1.22 bits per heavy atom. The molecular formula is C30H42N2. The number of hydrogen-bond acceptors (Lipinski definition) is 2. The van der Waals surface area contributed by atoms with Crippen LogP contribution in [0.2, 0.25) is 0 Å². The highest BCUT2D eigenvalue weighted by Crippen LogP contribution is 2.48.